The van der Waals surface area contributed by atoms with Crippen molar-refractivity contribution in [2.24, 2.45) is 0 Å². The molecular weight excluding hydrogens is 222 g/mol. The van der Waals surface area contributed by atoms with Crippen LogP contribution in [0.2, 0.25) is 0 Å². The van der Waals surface area contributed by atoms with Crippen molar-refractivity contribution in [3.8, 4) is 5.88 Å². The van der Waals surface area contributed by atoms with Gasteiger partial charge in [-0.2, -0.15) is 0 Å². The molecule has 0 aliphatic carbocycles. The predicted octanol–water partition coefficient (Wildman–Crippen LogP) is 1.91. The summed E-state index contributed by atoms with van der Waals surface area (Å²) < 4.78 is 5.69. The molecule has 1 unspecified atom stereocenters. The molecule has 0 aliphatic rings. The highest BCUT2D eigenvalue weighted by Crippen LogP contribution is 2.24. The number of nitrogens with zero attached hydrogens (tertiary/aromatic N) is 1. The van der Waals surface area contributed by atoms with Gasteiger partial charge < -0.3 is 9.84 Å². The summed E-state index contributed by atoms with van der Waals surface area (Å²) in [6.07, 6.45) is 1.09. The second kappa shape index (κ2) is 3.87. The Morgan fingerprint density at radius 1 is 1.67 bits per heavy atom. The predicted molar refractivity (Wildman–Crippen MR) is 49.1 cm³/mol. The fraction of sp³-hybridized carbons (Fsp3) is 0.375. The van der Waals surface area contributed by atoms with Crippen LogP contribution in [-0.4, -0.2) is 17.2 Å². The molecule has 4 heteroatoms. The Kier molecular flexibility index (Phi) is 3.05. The number of aliphatic hydroxyl groups is 1. The molecule has 0 radical (unpaired) electrons. The molecule has 0 aromatic carbocycles. The topological polar surface area (TPSA) is 42.4 Å². The molecule has 0 saturated heterocycles. The third-order valence-corrected chi connectivity index (χ3v) is 2.07. The summed E-state index contributed by atoms with van der Waals surface area (Å²) in [6.45, 7) is 1.69. The van der Waals surface area contributed by atoms with Gasteiger partial charge in [-0.25, -0.2) is 4.98 Å². The Morgan fingerprint density at radius 2 is 2.33 bits per heavy atom. The van der Waals surface area contributed by atoms with E-state index >= 15 is 0 Å². The number of ether oxygens (including phenoxy) is 1. The highest BCUT2D eigenvalue weighted by molar-refractivity contribution is 9.10. The van der Waals surface area contributed by atoms with E-state index in [0.717, 1.165) is 10.0 Å². The minimum absolute atomic E-state index is 0.500. The lowest BCUT2D eigenvalue weighted by molar-refractivity contribution is 0.198. The normalized spacial score (nSPS) is 12.7. The van der Waals surface area contributed by atoms with Crippen LogP contribution in [0.15, 0.2) is 16.7 Å². The lowest BCUT2D eigenvalue weighted by atomic mass is 10.2. The smallest absolute Gasteiger partial charge is 0.227 e. The fourth-order valence-electron chi connectivity index (χ4n) is 0.819. The van der Waals surface area contributed by atoms with Crippen molar-refractivity contribution in [2.75, 3.05) is 7.11 Å². The van der Waals surface area contributed by atoms with Crippen LogP contribution in [0.4, 0.5) is 0 Å². The van der Waals surface area contributed by atoms with E-state index in [0.29, 0.717) is 5.88 Å². The zero-order chi connectivity index (χ0) is 9.14. The molecule has 1 rings (SSSR count). The van der Waals surface area contributed by atoms with E-state index in [4.69, 9.17) is 4.74 Å². The van der Waals surface area contributed by atoms with Gasteiger partial charge in [-0.05, 0) is 34.5 Å². The third kappa shape index (κ3) is 1.95. The molecule has 1 atom stereocenters. The number of aromatic nitrogens is 1. The van der Waals surface area contributed by atoms with Crippen molar-refractivity contribution in [2.45, 2.75) is 13.0 Å². The summed E-state index contributed by atoms with van der Waals surface area (Å²) in [5, 5.41) is 9.21. The Bertz CT molecular complexity index is 276. The maximum Gasteiger partial charge on any atom is 0.227 e. The highest BCUT2D eigenvalue weighted by atomic mass is 79.9. The van der Waals surface area contributed by atoms with Gasteiger partial charge in [-0.1, -0.05) is 0 Å². The molecule has 1 heterocycles. The first-order chi connectivity index (χ1) is 5.65. The summed E-state index contributed by atoms with van der Waals surface area (Å²) >= 11 is 3.28. The molecule has 0 amide bonds. The van der Waals surface area contributed by atoms with E-state index < -0.39 is 6.10 Å². The maximum absolute atomic E-state index is 9.21. The SMILES string of the molecule is COc1ncc(C(C)O)cc1Br. The number of rotatable bonds is 2. The van der Waals surface area contributed by atoms with Crippen LogP contribution < -0.4 is 4.74 Å². The van der Waals surface area contributed by atoms with Crippen LogP contribution in [0.1, 0.15) is 18.6 Å². The van der Waals surface area contributed by atoms with Gasteiger partial charge in [-0.15, -0.1) is 0 Å². The van der Waals surface area contributed by atoms with Gasteiger partial charge in [-0.3, -0.25) is 0 Å². The van der Waals surface area contributed by atoms with Crippen molar-refractivity contribution < 1.29 is 9.84 Å². The first-order valence-corrected chi connectivity index (χ1v) is 4.32. The van der Waals surface area contributed by atoms with Gasteiger partial charge in [0.2, 0.25) is 5.88 Å². The lowest BCUT2D eigenvalue weighted by Crippen LogP contribution is -1.95. The highest BCUT2D eigenvalue weighted by Gasteiger charge is 2.05. The van der Waals surface area contributed by atoms with Crippen molar-refractivity contribution >= 4 is 15.9 Å². The fourth-order valence-corrected chi connectivity index (χ4v) is 1.35. The van der Waals surface area contributed by atoms with Gasteiger partial charge in [0.15, 0.2) is 0 Å². The van der Waals surface area contributed by atoms with E-state index in [-0.39, 0.29) is 0 Å². The van der Waals surface area contributed by atoms with Crippen molar-refractivity contribution in [3.63, 3.8) is 0 Å². The van der Waals surface area contributed by atoms with Crippen LogP contribution in [0, 0.1) is 0 Å². The van der Waals surface area contributed by atoms with Gasteiger partial charge in [0, 0.05) is 6.20 Å². The number of halogens is 1. The summed E-state index contributed by atoms with van der Waals surface area (Å²) in [6, 6.07) is 1.79. The lowest BCUT2D eigenvalue weighted by Gasteiger charge is -2.06. The molecule has 1 N–H and O–H groups in total. The number of hydrogen-bond donors (Lipinski definition) is 1. The first-order valence-electron chi connectivity index (χ1n) is 3.52. The van der Waals surface area contributed by atoms with Crippen molar-refractivity contribution in [1.82, 2.24) is 4.98 Å². The summed E-state index contributed by atoms with van der Waals surface area (Å²) in [5.41, 5.74) is 0.766. The van der Waals surface area contributed by atoms with E-state index in [1.807, 2.05) is 0 Å². The standard InChI is InChI=1S/C8H10BrNO2/c1-5(11)6-3-7(9)8(12-2)10-4-6/h3-5,11H,1-2H3. The monoisotopic (exact) mass is 231 g/mol. The van der Waals surface area contributed by atoms with Crippen LogP contribution >= 0.6 is 15.9 Å². The number of hydrogen-bond acceptors (Lipinski definition) is 3. The molecule has 0 bridgehead atoms. The zero-order valence-electron chi connectivity index (χ0n) is 6.91. The van der Waals surface area contributed by atoms with Crippen LogP contribution in [0.25, 0.3) is 0 Å². The molecular formula is C8H10BrNO2. The van der Waals surface area contributed by atoms with E-state index in [1.54, 1.807) is 26.3 Å². The third-order valence-electron chi connectivity index (χ3n) is 1.50. The summed E-state index contributed by atoms with van der Waals surface area (Å²) in [5.74, 6) is 0.527. The Balaban J connectivity index is 3.02. The molecule has 1 aromatic heterocycles. The minimum atomic E-state index is -0.500. The molecule has 0 aliphatic heterocycles. The Hall–Kier alpha value is -0.610. The van der Waals surface area contributed by atoms with Crippen LogP contribution in [0.3, 0.4) is 0 Å². The average molecular weight is 232 g/mol. The molecule has 0 fully saturated rings. The largest absolute Gasteiger partial charge is 0.480 e. The Morgan fingerprint density at radius 3 is 2.75 bits per heavy atom. The quantitative estimate of drug-likeness (QED) is 0.846. The molecule has 0 spiro atoms. The molecule has 1 aromatic rings. The number of aliphatic hydroxyl groups excluding tert-OH is 1. The van der Waals surface area contributed by atoms with Crippen molar-refractivity contribution in [1.29, 1.82) is 0 Å². The average Bonchev–Trinajstić information content (AvgIpc) is 2.04. The van der Waals surface area contributed by atoms with Gasteiger partial charge >= 0.3 is 0 Å². The van der Waals surface area contributed by atoms with E-state index in [2.05, 4.69) is 20.9 Å². The van der Waals surface area contributed by atoms with Crippen molar-refractivity contribution in [3.05, 3.63) is 22.3 Å². The molecule has 3 nitrogen and oxygen atoms in total. The van der Waals surface area contributed by atoms with Crippen LogP contribution in [-0.2, 0) is 0 Å². The van der Waals surface area contributed by atoms with Gasteiger partial charge in [0.25, 0.3) is 0 Å². The second-order valence-electron chi connectivity index (χ2n) is 2.44. The van der Waals surface area contributed by atoms with E-state index in [1.165, 1.54) is 0 Å². The van der Waals surface area contributed by atoms with E-state index in [9.17, 15) is 5.11 Å². The minimum Gasteiger partial charge on any atom is -0.480 e. The summed E-state index contributed by atoms with van der Waals surface area (Å²) in [4.78, 5) is 3.99. The maximum atomic E-state index is 9.21. The first kappa shape index (κ1) is 9.48. The second-order valence-corrected chi connectivity index (χ2v) is 3.29. The van der Waals surface area contributed by atoms with Gasteiger partial charge in [0.1, 0.15) is 0 Å². The van der Waals surface area contributed by atoms with Crippen LogP contribution in [0.5, 0.6) is 5.88 Å². The zero-order valence-corrected chi connectivity index (χ0v) is 8.50. The molecule has 12 heavy (non-hydrogen) atoms. The Labute approximate surface area is 79.5 Å². The number of pyridine rings is 1. The van der Waals surface area contributed by atoms with Gasteiger partial charge in [0.05, 0.1) is 17.7 Å². The molecule has 0 saturated carbocycles. The molecule has 66 valence electrons. The number of methoxy groups -OCH3 is 1. The summed E-state index contributed by atoms with van der Waals surface area (Å²) in [7, 11) is 1.55.